The Balaban J connectivity index is 2.10. The monoisotopic (exact) mass is 274 g/mol. The van der Waals surface area contributed by atoms with Crippen molar-refractivity contribution in [2.45, 2.75) is 59.0 Å². The van der Waals surface area contributed by atoms with Crippen LogP contribution in [-0.4, -0.2) is 30.6 Å². The van der Waals surface area contributed by atoms with E-state index in [0.29, 0.717) is 6.04 Å². The van der Waals surface area contributed by atoms with Gasteiger partial charge in [-0.3, -0.25) is 4.90 Å². The molecule has 1 saturated carbocycles. The first-order valence-corrected chi connectivity index (χ1v) is 8.20. The summed E-state index contributed by atoms with van der Waals surface area (Å²) in [6.07, 6.45) is 3.97. The predicted octanol–water partition coefficient (Wildman–Crippen LogP) is 3.83. The quantitative estimate of drug-likeness (QED) is 0.775. The Morgan fingerprint density at radius 3 is 2.50 bits per heavy atom. The molecule has 1 aromatic rings. The summed E-state index contributed by atoms with van der Waals surface area (Å²) in [6, 6.07) is 8.24. The normalized spacial score (nSPS) is 16.6. The summed E-state index contributed by atoms with van der Waals surface area (Å²) in [5, 5.41) is 3.74. The Labute approximate surface area is 124 Å². The molecular formula is C18H30N2. The van der Waals surface area contributed by atoms with Crippen LogP contribution in [0.15, 0.2) is 18.2 Å². The molecule has 1 unspecified atom stereocenters. The van der Waals surface area contributed by atoms with Crippen LogP contribution in [0.1, 0.15) is 55.8 Å². The molecule has 1 fully saturated rings. The van der Waals surface area contributed by atoms with E-state index in [1.54, 1.807) is 0 Å². The van der Waals surface area contributed by atoms with E-state index in [0.717, 1.165) is 19.1 Å². The summed E-state index contributed by atoms with van der Waals surface area (Å²) < 4.78 is 0. The Morgan fingerprint density at radius 2 is 1.95 bits per heavy atom. The van der Waals surface area contributed by atoms with Crippen molar-refractivity contribution in [3.8, 4) is 0 Å². The van der Waals surface area contributed by atoms with Crippen molar-refractivity contribution in [3.63, 3.8) is 0 Å². The highest BCUT2D eigenvalue weighted by Crippen LogP contribution is 2.29. The fourth-order valence-electron chi connectivity index (χ4n) is 2.80. The van der Waals surface area contributed by atoms with E-state index in [-0.39, 0.29) is 0 Å². The zero-order valence-corrected chi connectivity index (χ0v) is 13.6. The highest BCUT2D eigenvalue weighted by Gasteiger charge is 2.29. The van der Waals surface area contributed by atoms with Crippen molar-refractivity contribution in [2.24, 2.45) is 0 Å². The second-order valence-corrected chi connectivity index (χ2v) is 6.17. The van der Waals surface area contributed by atoms with Crippen LogP contribution >= 0.6 is 0 Å². The van der Waals surface area contributed by atoms with E-state index in [4.69, 9.17) is 0 Å². The van der Waals surface area contributed by atoms with Gasteiger partial charge in [-0.25, -0.2) is 0 Å². The molecule has 112 valence electrons. The molecule has 1 aliphatic rings. The van der Waals surface area contributed by atoms with Gasteiger partial charge in [0.05, 0.1) is 0 Å². The molecule has 0 heterocycles. The van der Waals surface area contributed by atoms with Crippen LogP contribution in [-0.2, 0) is 0 Å². The highest BCUT2D eigenvalue weighted by molar-refractivity contribution is 5.32. The topological polar surface area (TPSA) is 15.3 Å². The molecule has 2 heteroatoms. The Kier molecular flexibility index (Phi) is 5.62. The van der Waals surface area contributed by atoms with E-state index in [1.165, 1.54) is 42.5 Å². The van der Waals surface area contributed by atoms with Gasteiger partial charge in [-0.15, -0.1) is 0 Å². The molecule has 2 nitrogen and oxygen atoms in total. The van der Waals surface area contributed by atoms with Crippen LogP contribution in [0.25, 0.3) is 0 Å². The Morgan fingerprint density at radius 1 is 1.20 bits per heavy atom. The summed E-state index contributed by atoms with van der Waals surface area (Å²) in [4.78, 5) is 2.64. The summed E-state index contributed by atoms with van der Waals surface area (Å²) in [5.41, 5.74) is 4.23. The summed E-state index contributed by atoms with van der Waals surface area (Å²) in [6.45, 7) is 12.3. The van der Waals surface area contributed by atoms with Crippen molar-refractivity contribution < 1.29 is 0 Å². The largest absolute Gasteiger partial charge is 0.309 e. The maximum atomic E-state index is 3.74. The fraction of sp³-hybridized carbons (Fsp3) is 0.667. The van der Waals surface area contributed by atoms with E-state index >= 15 is 0 Å². The molecule has 0 aromatic heterocycles. The van der Waals surface area contributed by atoms with Crippen LogP contribution in [0.5, 0.6) is 0 Å². The zero-order chi connectivity index (χ0) is 14.5. The summed E-state index contributed by atoms with van der Waals surface area (Å²) >= 11 is 0. The van der Waals surface area contributed by atoms with Gasteiger partial charge in [0.15, 0.2) is 0 Å². The minimum atomic E-state index is 0.467. The van der Waals surface area contributed by atoms with Gasteiger partial charge < -0.3 is 5.32 Å². The standard InChI is InChI=1S/C18H30N2/c1-5-11-19-18(13-20(6-2)17-9-10-17)16-8-7-14(3)15(4)12-16/h7-8,12,17-19H,5-6,9-11,13H2,1-4H3. The smallest absolute Gasteiger partial charge is 0.0449 e. The first kappa shape index (κ1) is 15.5. The van der Waals surface area contributed by atoms with Crippen molar-refractivity contribution in [3.05, 3.63) is 34.9 Å². The number of likely N-dealkylation sites (N-methyl/N-ethyl adjacent to an activating group) is 1. The molecule has 1 aromatic carbocycles. The zero-order valence-electron chi connectivity index (χ0n) is 13.6. The fourth-order valence-corrected chi connectivity index (χ4v) is 2.80. The highest BCUT2D eigenvalue weighted by atomic mass is 15.2. The Hall–Kier alpha value is -0.860. The van der Waals surface area contributed by atoms with E-state index < -0.39 is 0 Å². The van der Waals surface area contributed by atoms with Gasteiger partial charge in [-0.2, -0.15) is 0 Å². The third-order valence-corrected chi connectivity index (χ3v) is 4.46. The van der Waals surface area contributed by atoms with Crippen molar-refractivity contribution in [1.29, 1.82) is 0 Å². The van der Waals surface area contributed by atoms with Crippen LogP contribution in [0.3, 0.4) is 0 Å². The molecule has 1 atom stereocenters. The molecule has 1 aliphatic carbocycles. The minimum Gasteiger partial charge on any atom is -0.309 e. The molecule has 0 aliphatic heterocycles. The van der Waals surface area contributed by atoms with Gasteiger partial charge >= 0.3 is 0 Å². The minimum absolute atomic E-state index is 0.467. The lowest BCUT2D eigenvalue weighted by molar-refractivity contribution is 0.244. The summed E-state index contributed by atoms with van der Waals surface area (Å²) in [5.74, 6) is 0. The number of benzene rings is 1. The van der Waals surface area contributed by atoms with E-state index in [2.05, 4.69) is 56.1 Å². The summed E-state index contributed by atoms with van der Waals surface area (Å²) in [7, 11) is 0. The first-order valence-electron chi connectivity index (χ1n) is 8.20. The van der Waals surface area contributed by atoms with Gasteiger partial charge in [0, 0.05) is 18.6 Å². The van der Waals surface area contributed by atoms with Crippen LogP contribution in [0.2, 0.25) is 0 Å². The average Bonchev–Trinajstić information content (AvgIpc) is 3.27. The number of hydrogen-bond acceptors (Lipinski definition) is 2. The lowest BCUT2D eigenvalue weighted by Crippen LogP contribution is -2.36. The van der Waals surface area contributed by atoms with Crippen molar-refractivity contribution >= 4 is 0 Å². The second-order valence-electron chi connectivity index (χ2n) is 6.17. The predicted molar refractivity (Wildman–Crippen MR) is 87.2 cm³/mol. The van der Waals surface area contributed by atoms with Crippen LogP contribution in [0.4, 0.5) is 0 Å². The van der Waals surface area contributed by atoms with Crippen LogP contribution < -0.4 is 5.32 Å². The molecule has 0 amide bonds. The Bertz CT molecular complexity index is 423. The molecule has 0 saturated heterocycles. The number of hydrogen-bond donors (Lipinski definition) is 1. The van der Waals surface area contributed by atoms with Gasteiger partial charge in [-0.05, 0) is 62.9 Å². The molecule has 0 bridgehead atoms. The first-order chi connectivity index (χ1) is 9.65. The van der Waals surface area contributed by atoms with Gasteiger partial charge in [-0.1, -0.05) is 32.0 Å². The van der Waals surface area contributed by atoms with Gasteiger partial charge in [0.25, 0.3) is 0 Å². The van der Waals surface area contributed by atoms with Gasteiger partial charge in [0.2, 0.25) is 0 Å². The van der Waals surface area contributed by atoms with Crippen LogP contribution in [0, 0.1) is 13.8 Å². The lowest BCUT2D eigenvalue weighted by Gasteiger charge is -2.28. The van der Waals surface area contributed by atoms with Gasteiger partial charge in [0.1, 0.15) is 0 Å². The number of nitrogens with one attached hydrogen (secondary N) is 1. The maximum Gasteiger partial charge on any atom is 0.0449 e. The molecule has 0 spiro atoms. The lowest BCUT2D eigenvalue weighted by atomic mass is 10.0. The third kappa shape index (κ3) is 4.07. The van der Waals surface area contributed by atoms with E-state index in [9.17, 15) is 0 Å². The third-order valence-electron chi connectivity index (χ3n) is 4.46. The number of nitrogens with zero attached hydrogens (tertiary/aromatic N) is 1. The maximum absolute atomic E-state index is 3.74. The second kappa shape index (κ2) is 7.24. The SMILES string of the molecule is CCCNC(CN(CC)C1CC1)c1ccc(C)c(C)c1. The number of rotatable bonds is 8. The average molecular weight is 274 g/mol. The molecule has 20 heavy (non-hydrogen) atoms. The van der Waals surface area contributed by atoms with E-state index in [1.807, 2.05) is 0 Å². The van der Waals surface area contributed by atoms with Crippen molar-refractivity contribution in [2.75, 3.05) is 19.6 Å². The number of aryl methyl sites for hydroxylation is 2. The molecule has 1 N–H and O–H groups in total. The van der Waals surface area contributed by atoms with Crippen molar-refractivity contribution in [1.82, 2.24) is 10.2 Å². The molecular weight excluding hydrogens is 244 g/mol. The molecule has 0 radical (unpaired) electrons. The molecule has 2 rings (SSSR count).